The summed E-state index contributed by atoms with van der Waals surface area (Å²) in [5, 5.41) is 5.29. The van der Waals surface area contributed by atoms with Crippen LogP contribution in [0.5, 0.6) is 0 Å². The highest BCUT2D eigenvalue weighted by Gasteiger charge is 2.12. The molecule has 0 aliphatic carbocycles. The van der Waals surface area contributed by atoms with Gasteiger partial charge in [0.25, 0.3) is 5.91 Å². The molecule has 5 nitrogen and oxygen atoms in total. The highest BCUT2D eigenvalue weighted by molar-refractivity contribution is 6.00. The Morgan fingerprint density at radius 2 is 1.96 bits per heavy atom. The van der Waals surface area contributed by atoms with Gasteiger partial charge in [0.2, 0.25) is 5.91 Å². The summed E-state index contributed by atoms with van der Waals surface area (Å²) in [6.07, 6.45) is 5.32. The van der Waals surface area contributed by atoms with Crippen molar-refractivity contribution in [2.75, 3.05) is 19.0 Å². The first-order valence-electron chi connectivity index (χ1n) is 7.35. The van der Waals surface area contributed by atoms with Gasteiger partial charge in [-0.2, -0.15) is 0 Å². The minimum absolute atomic E-state index is 0.138. The lowest BCUT2D eigenvalue weighted by molar-refractivity contribution is -0.115. The summed E-state index contributed by atoms with van der Waals surface area (Å²) in [6.45, 7) is 0.190. The Bertz CT molecular complexity index is 778. The Hall–Kier alpha value is -3.10. The minimum atomic E-state index is -0.332. The maximum Gasteiger partial charge on any atom is 0.252 e. The number of hydrogen-bond acceptors (Lipinski definition) is 3. The Labute approximate surface area is 141 Å². The van der Waals surface area contributed by atoms with Crippen LogP contribution in [-0.2, 0) is 16.1 Å². The summed E-state index contributed by atoms with van der Waals surface area (Å²) in [5.41, 5.74) is 2.51. The molecule has 2 aromatic carbocycles. The molecule has 5 heteroatoms. The van der Waals surface area contributed by atoms with Gasteiger partial charge in [0.1, 0.15) is 0 Å². The molecule has 2 N–H and O–H groups in total. The summed E-state index contributed by atoms with van der Waals surface area (Å²) in [4.78, 5) is 24.2. The van der Waals surface area contributed by atoms with Crippen LogP contribution in [0.25, 0.3) is 0 Å². The van der Waals surface area contributed by atoms with Gasteiger partial charge in [-0.05, 0) is 29.8 Å². The molecule has 0 atom stereocenters. The van der Waals surface area contributed by atoms with Crippen LogP contribution in [0, 0.1) is 12.3 Å². The molecule has 122 valence electrons. The van der Waals surface area contributed by atoms with E-state index in [1.54, 1.807) is 43.5 Å². The number of rotatable bonds is 6. The van der Waals surface area contributed by atoms with Gasteiger partial charge < -0.3 is 15.4 Å². The van der Waals surface area contributed by atoms with Gasteiger partial charge in [0.05, 0.1) is 13.2 Å². The maximum absolute atomic E-state index is 12.2. The topological polar surface area (TPSA) is 67.4 Å². The molecule has 2 amide bonds. The van der Waals surface area contributed by atoms with E-state index < -0.39 is 0 Å². The first kappa shape index (κ1) is 17.3. The summed E-state index contributed by atoms with van der Waals surface area (Å²) in [5.74, 6) is 1.84. The van der Waals surface area contributed by atoms with E-state index in [4.69, 9.17) is 11.2 Å². The number of amides is 2. The molecule has 0 fully saturated rings. The Morgan fingerprint density at radius 3 is 2.71 bits per heavy atom. The quantitative estimate of drug-likeness (QED) is 0.801. The molecule has 2 rings (SSSR count). The molecule has 0 radical (unpaired) electrons. The van der Waals surface area contributed by atoms with Gasteiger partial charge >= 0.3 is 0 Å². The molecule has 0 aliphatic heterocycles. The van der Waals surface area contributed by atoms with Gasteiger partial charge in [0, 0.05) is 23.9 Å². The van der Waals surface area contributed by atoms with Crippen LogP contribution in [-0.4, -0.2) is 25.5 Å². The average Bonchev–Trinajstić information content (AvgIpc) is 2.60. The smallest absolute Gasteiger partial charge is 0.252 e. The number of terminal acetylenes is 1. The normalized spacial score (nSPS) is 9.83. The van der Waals surface area contributed by atoms with Crippen molar-refractivity contribution >= 4 is 17.5 Å². The standard InChI is InChI=1S/C19H18N2O3/c1-3-14-7-6-9-16(11-14)21-18(22)12-20-19(23)17-10-5-4-8-15(17)13-24-2/h1,4-11H,12-13H2,2H3,(H,20,23)(H,21,22). The lowest BCUT2D eigenvalue weighted by Gasteiger charge is -2.10. The van der Waals surface area contributed by atoms with Crippen LogP contribution in [0.4, 0.5) is 5.69 Å². The van der Waals surface area contributed by atoms with Crippen LogP contribution in [0.15, 0.2) is 48.5 Å². The largest absolute Gasteiger partial charge is 0.380 e. The van der Waals surface area contributed by atoms with Gasteiger partial charge in [-0.25, -0.2) is 0 Å². The van der Waals surface area contributed by atoms with Gasteiger partial charge in [0.15, 0.2) is 0 Å². The van der Waals surface area contributed by atoms with E-state index in [0.717, 1.165) is 5.56 Å². The second-order valence-corrected chi connectivity index (χ2v) is 5.05. The minimum Gasteiger partial charge on any atom is -0.380 e. The maximum atomic E-state index is 12.2. The first-order chi connectivity index (χ1) is 11.6. The summed E-state index contributed by atoms with van der Waals surface area (Å²) in [6, 6.07) is 14.0. The fourth-order valence-electron chi connectivity index (χ4n) is 2.17. The van der Waals surface area contributed by atoms with E-state index in [1.807, 2.05) is 12.1 Å². The molecule has 0 saturated heterocycles. The Balaban J connectivity index is 1.94. The van der Waals surface area contributed by atoms with Crippen molar-refractivity contribution in [3.63, 3.8) is 0 Å². The van der Waals surface area contributed by atoms with Crippen molar-refractivity contribution in [3.05, 3.63) is 65.2 Å². The Kier molecular flexibility index (Phi) is 6.12. The van der Waals surface area contributed by atoms with Crippen molar-refractivity contribution in [2.24, 2.45) is 0 Å². The monoisotopic (exact) mass is 322 g/mol. The average molecular weight is 322 g/mol. The number of benzene rings is 2. The van der Waals surface area contributed by atoms with E-state index in [-0.39, 0.29) is 18.4 Å². The van der Waals surface area contributed by atoms with Crippen LogP contribution < -0.4 is 10.6 Å². The third kappa shape index (κ3) is 4.70. The molecule has 0 unspecified atom stereocenters. The molecule has 0 aliphatic rings. The number of hydrogen-bond donors (Lipinski definition) is 2. The second kappa shape index (κ2) is 8.51. The molecule has 0 bridgehead atoms. The zero-order valence-electron chi connectivity index (χ0n) is 13.3. The fourth-order valence-corrected chi connectivity index (χ4v) is 2.17. The van der Waals surface area contributed by atoms with Crippen molar-refractivity contribution in [2.45, 2.75) is 6.61 Å². The highest BCUT2D eigenvalue weighted by Crippen LogP contribution is 2.11. The fraction of sp³-hybridized carbons (Fsp3) is 0.158. The van der Waals surface area contributed by atoms with Gasteiger partial charge in [-0.1, -0.05) is 30.2 Å². The second-order valence-electron chi connectivity index (χ2n) is 5.05. The third-order valence-corrected chi connectivity index (χ3v) is 3.28. The predicted molar refractivity (Wildman–Crippen MR) is 92.5 cm³/mol. The molecule has 0 spiro atoms. The van der Waals surface area contributed by atoms with Crippen LogP contribution in [0.3, 0.4) is 0 Å². The molecular formula is C19H18N2O3. The zero-order chi connectivity index (χ0) is 17.4. The van der Waals surface area contributed by atoms with E-state index >= 15 is 0 Å². The van der Waals surface area contributed by atoms with Crippen molar-refractivity contribution < 1.29 is 14.3 Å². The first-order valence-corrected chi connectivity index (χ1v) is 7.35. The summed E-state index contributed by atoms with van der Waals surface area (Å²) >= 11 is 0. The third-order valence-electron chi connectivity index (χ3n) is 3.28. The van der Waals surface area contributed by atoms with E-state index in [2.05, 4.69) is 16.6 Å². The highest BCUT2D eigenvalue weighted by atomic mass is 16.5. The number of ether oxygens (including phenoxy) is 1. The molecular weight excluding hydrogens is 304 g/mol. The lowest BCUT2D eigenvalue weighted by atomic mass is 10.1. The predicted octanol–water partition coefficient (Wildman–Crippen LogP) is 2.18. The molecule has 0 saturated carbocycles. The van der Waals surface area contributed by atoms with E-state index in [0.29, 0.717) is 23.4 Å². The number of nitrogens with one attached hydrogen (secondary N) is 2. The molecule has 24 heavy (non-hydrogen) atoms. The van der Waals surface area contributed by atoms with Crippen molar-refractivity contribution in [1.82, 2.24) is 5.32 Å². The van der Waals surface area contributed by atoms with Gasteiger partial charge in [-0.15, -0.1) is 6.42 Å². The van der Waals surface area contributed by atoms with Crippen molar-refractivity contribution in [3.8, 4) is 12.3 Å². The zero-order valence-corrected chi connectivity index (χ0v) is 13.3. The van der Waals surface area contributed by atoms with E-state index in [1.165, 1.54) is 0 Å². The molecule has 0 heterocycles. The lowest BCUT2D eigenvalue weighted by Crippen LogP contribution is -2.33. The molecule has 0 aromatic heterocycles. The number of methoxy groups -OCH3 is 1. The summed E-state index contributed by atoms with van der Waals surface area (Å²) < 4.78 is 5.07. The molecule has 2 aromatic rings. The number of carbonyl (C=O) groups excluding carboxylic acids is 2. The number of anilines is 1. The van der Waals surface area contributed by atoms with E-state index in [9.17, 15) is 9.59 Å². The van der Waals surface area contributed by atoms with Gasteiger partial charge in [-0.3, -0.25) is 9.59 Å². The van der Waals surface area contributed by atoms with Crippen LogP contribution in [0.2, 0.25) is 0 Å². The SMILES string of the molecule is C#Cc1cccc(NC(=O)CNC(=O)c2ccccc2COC)c1. The number of carbonyl (C=O) groups is 2. The Morgan fingerprint density at radius 1 is 1.17 bits per heavy atom. The summed E-state index contributed by atoms with van der Waals surface area (Å²) in [7, 11) is 1.56. The van der Waals surface area contributed by atoms with Crippen LogP contribution >= 0.6 is 0 Å². The van der Waals surface area contributed by atoms with Crippen molar-refractivity contribution in [1.29, 1.82) is 0 Å². The van der Waals surface area contributed by atoms with Crippen LogP contribution in [0.1, 0.15) is 21.5 Å².